The maximum Gasteiger partial charge on any atom is 0.228 e. The van der Waals surface area contributed by atoms with E-state index in [1.807, 2.05) is 23.7 Å². The Bertz CT molecular complexity index is 238. The van der Waals surface area contributed by atoms with Crippen molar-refractivity contribution in [2.45, 2.75) is 52.5 Å². The molecule has 0 N–H and O–H groups in total. The van der Waals surface area contributed by atoms with Crippen molar-refractivity contribution < 1.29 is 4.79 Å². The Hall–Kier alpha value is -0.180. The number of nitrogens with zero attached hydrogens (tertiary/aromatic N) is 1. The van der Waals surface area contributed by atoms with Crippen LogP contribution in [0.2, 0.25) is 0 Å². The molecule has 0 bridgehead atoms. The summed E-state index contributed by atoms with van der Waals surface area (Å²) in [6.07, 6.45) is 4.48. The van der Waals surface area contributed by atoms with Crippen LogP contribution in [-0.4, -0.2) is 35.4 Å². The molecule has 1 amide bonds. The third kappa shape index (κ3) is 3.16. The van der Waals surface area contributed by atoms with E-state index in [0.29, 0.717) is 11.9 Å². The first-order valence-electron chi connectivity index (χ1n) is 6.36. The summed E-state index contributed by atoms with van der Waals surface area (Å²) in [5.74, 6) is 2.68. The van der Waals surface area contributed by atoms with E-state index < -0.39 is 0 Å². The predicted octanol–water partition coefficient (Wildman–Crippen LogP) is 3.17. The first-order valence-corrected chi connectivity index (χ1v) is 7.52. The Balaban J connectivity index is 2.37. The Morgan fingerprint density at radius 3 is 2.56 bits per heavy atom. The van der Waals surface area contributed by atoms with Gasteiger partial charge in [0.25, 0.3) is 0 Å². The molecule has 1 rings (SSSR count). The van der Waals surface area contributed by atoms with Crippen LogP contribution in [0.4, 0.5) is 0 Å². The van der Waals surface area contributed by atoms with Gasteiger partial charge in [-0.15, -0.1) is 0 Å². The highest BCUT2D eigenvalue weighted by atomic mass is 32.2. The van der Waals surface area contributed by atoms with Crippen molar-refractivity contribution in [3.8, 4) is 0 Å². The lowest BCUT2D eigenvalue weighted by Gasteiger charge is -2.41. The van der Waals surface area contributed by atoms with Crippen LogP contribution >= 0.6 is 11.8 Å². The standard InChI is InChI=1S/C13H25NOS/c1-5-16-10-7-11(2)14(4)12(15)13(3)8-6-9-13/h11H,5-10H2,1-4H3. The molecular weight excluding hydrogens is 218 g/mol. The maximum atomic E-state index is 12.2. The van der Waals surface area contributed by atoms with Gasteiger partial charge in [-0.2, -0.15) is 11.8 Å². The van der Waals surface area contributed by atoms with Gasteiger partial charge in [-0.05, 0) is 37.7 Å². The molecule has 3 heteroatoms. The van der Waals surface area contributed by atoms with Gasteiger partial charge in [-0.25, -0.2) is 0 Å². The zero-order chi connectivity index (χ0) is 12.2. The fraction of sp³-hybridized carbons (Fsp3) is 0.923. The molecule has 94 valence electrons. The van der Waals surface area contributed by atoms with E-state index in [2.05, 4.69) is 20.8 Å². The normalized spacial score (nSPS) is 20.0. The molecule has 1 fully saturated rings. The largest absolute Gasteiger partial charge is 0.343 e. The Morgan fingerprint density at radius 2 is 2.12 bits per heavy atom. The van der Waals surface area contributed by atoms with E-state index in [1.54, 1.807) is 0 Å². The highest BCUT2D eigenvalue weighted by Crippen LogP contribution is 2.42. The zero-order valence-corrected chi connectivity index (χ0v) is 11.9. The number of rotatable bonds is 6. The molecule has 1 atom stereocenters. The molecule has 0 aromatic carbocycles. The van der Waals surface area contributed by atoms with Gasteiger partial charge in [0.05, 0.1) is 0 Å². The summed E-state index contributed by atoms with van der Waals surface area (Å²) in [7, 11) is 1.97. The van der Waals surface area contributed by atoms with Crippen LogP contribution in [0, 0.1) is 5.41 Å². The van der Waals surface area contributed by atoms with Crippen molar-refractivity contribution in [2.75, 3.05) is 18.6 Å². The van der Waals surface area contributed by atoms with Crippen LogP contribution in [0.5, 0.6) is 0 Å². The third-order valence-corrected chi connectivity index (χ3v) is 4.77. The average Bonchev–Trinajstić information content (AvgIpc) is 2.24. The highest BCUT2D eigenvalue weighted by molar-refractivity contribution is 7.99. The summed E-state index contributed by atoms with van der Waals surface area (Å²) in [6.45, 7) is 6.46. The molecule has 1 saturated carbocycles. The quantitative estimate of drug-likeness (QED) is 0.668. The van der Waals surface area contributed by atoms with Crippen molar-refractivity contribution in [1.82, 2.24) is 4.90 Å². The van der Waals surface area contributed by atoms with Crippen molar-refractivity contribution in [2.24, 2.45) is 5.41 Å². The lowest BCUT2D eigenvalue weighted by molar-refractivity contribution is -0.146. The first kappa shape index (κ1) is 13.9. The number of amides is 1. The Kier molecular flexibility index (Phi) is 5.16. The molecule has 1 unspecified atom stereocenters. The topological polar surface area (TPSA) is 20.3 Å². The van der Waals surface area contributed by atoms with Gasteiger partial charge in [0.2, 0.25) is 5.91 Å². The summed E-state index contributed by atoms with van der Waals surface area (Å²) in [6, 6.07) is 0.379. The van der Waals surface area contributed by atoms with Crippen LogP contribution in [0.1, 0.15) is 46.5 Å². The smallest absolute Gasteiger partial charge is 0.228 e. The van der Waals surface area contributed by atoms with Crippen molar-refractivity contribution in [1.29, 1.82) is 0 Å². The van der Waals surface area contributed by atoms with Gasteiger partial charge in [0.15, 0.2) is 0 Å². The van der Waals surface area contributed by atoms with Gasteiger partial charge in [0, 0.05) is 18.5 Å². The van der Waals surface area contributed by atoms with Crippen molar-refractivity contribution in [3.63, 3.8) is 0 Å². The van der Waals surface area contributed by atoms with Gasteiger partial charge in [0.1, 0.15) is 0 Å². The van der Waals surface area contributed by atoms with Gasteiger partial charge in [-0.3, -0.25) is 4.79 Å². The molecule has 0 aromatic heterocycles. The predicted molar refractivity (Wildman–Crippen MR) is 71.8 cm³/mol. The minimum atomic E-state index is -0.0408. The number of thioether (sulfide) groups is 1. The van der Waals surface area contributed by atoms with E-state index in [9.17, 15) is 4.79 Å². The molecule has 0 spiro atoms. The number of carbonyl (C=O) groups excluding carboxylic acids is 1. The van der Waals surface area contributed by atoms with Gasteiger partial charge >= 0.3 is 0 Å². The molecule has 1 aliphatic carbocycles. The van der Waals surface area contributed by atoms with E-state index in [1.165, 1.54) is 12.2 Å². The Labute approximate surface area is 104 Å². The number of carbonyl (C=O) groups is 1. The number of hydrogen-bond acceptors (Lipinski definition) is 2. The fourth-order valence-electron chi connectivity index (χ4n) is 2.14. The third-order valence-electron chi connectivity index (χ3n) is 3.84. The molecule has 16 heavy (non-hydrogen) atoms. The minimum absolute atomic E-state index is 0.0408. The highest BCUT2D eigenvalue weighted by Gasteiger charge is 2.41. The Morgan fingerprint density at radius 1 is 1.50 bits per heavy atom. The van der Waals surface area contributed by atoms with E-state index in [4.69, 9.17) is 0 Å². The van der Waals surface area contributed by atoms with Crippen LogP contribution < -0.4 is 0 Å². The second-order valence-corrected chi connectivity index (χ2v) is 6.56. The van der Waals surface area contributed by atoms with Gasteiger partial charge < -0.3 is 4.90 Å². The van der Waals surface area contributed by atoms with Crippen LogP contribution in [0.15, 0.2) is 0 Å². The fourth-order valence-corrected chi connectivity index (χ4v) is 2.94. The van der Waals surface area contributed by atoms with Crippen LogP contribution in [0.3, 0.4) is 0 Å². The number of hydrogen-bond donors (Lipinski definition) is 0. The lowest BCUT2D eigenvalue weighted by atomic mass is 9.69. The van der Waals surface area contributed by atoms with Crippen molar-refractivity contribution in [3.05, 3.63) is 0 Å². The molecule has 0 aliphatic heterocycles. The summed E-state index contributed by atoms with van der Waals surface area (Å²) in [4.78, 5) is 14.2. The molecule has 0 radical (unpaired) electrons. The van der Waals surface area contributed by atoms with E-state index in [-0.39, 0.29) is 5.41 Å². The second-order valence-electron chi connectivity index (χ2n) is 5.16. The molecule has 0 saturated heterocycles. The summed E-state index contributed by atoms with van der Waals surface area (Å²) in [5, 5.41) is 0. The minimum Gasteiger partial charge on any atom is -0.343 e. The average molecular weight is 243 g/mol. The molecule has 0 heterocycles. The molecule has 1 aliphatic rings. The summed E-state index contributed by atoms with van der Waals surface area (Å²) in [5.41, 5.74) is -0.0408. The van der Waals surface area contributed by atoms with Crippen molar-refractivity contribution >= 4 is 17.7 Å². The zero-order valence-electron chi connectivity index (χ0n) is 11.1. The van der Waals surface area contributed by atoms with Crippen LogP contribution in [0.25, 0.3) is 0 Å². The van der Waals surface area contributed by atoms with Gasteiger partial charge in [-0.1, -0.05) is 20.3 Å². The molecule has 2 nitrogen and oxygen atoms in total. The first-order chi connectivity index (χ1) is 7.51. The van der Waals surface area contributed by atoms with E-state index in [0.717, 1.165) is 25.0 Å². The lowest BCUT2D eigenvalue weighted by Crippen LogP contribution is -2.47. The molecular formula is C13H25NOS. The van der Waals surface area contributed by atoms with Crippen LogP contribution in [-0.2, 0) is 4.79 Å². The second kappa shape index (κ2) is 5.95. The van der Waals surface area contributed by atoms with E-state index >= 15 is 0 Å². The molecule has 0 aromatic rings. The summed E-state index contributed by atoms with van der Waals surface area (Å²) >= 11 is 1.95. The SMILES string of the molecule is CCSCCC(C)N(C)C(=O)C1(C)CCC1. The summed E-state index contributed by atoms with van der Waals surface area (Å²) < 4.78 is 0. The maximum absolute atomic E-state index is 12.2. The monoisotopic (exact) mass is 243 g/mol.